The van der Waals surface area contributed by atoms with E-state index in [2.05, 4.69) is 10.6 Å². The van der Waals surface area contributed by atoms with E-state index in [0.717, 1.165) is 42.9 Å². The maximum Gasteiger partial charge on any atom is 0.224 e. The van der Waals surface area contributed by atoms with Crippen molar-refractivity contribution in [2.24, 2.45) is 5.92 Å². The third-order valence-electron chi connectivity index (χ3n) is 3.72. The summed E-state index contributed by atoms with van der Waals surface area (Å²) in [5, 5.41) is 7.20. The van der Waals surface area contributed by atoms with Gasteiger partial charge in [-0.1, -0.05) is 29.8 Å². The lowest BCUT2D eigenvalue weighted by atomic mass is 9.92. The van der Waals surface area contributed by atoms with E-state index < -0.39 is 0 Å². The van der Waals surface area contributed by atoms with Crippen LogP contribution in [0.15, 0.2) is 24.3 Å². The standard InChI is InChI=1S/C16H23ClN2O.ClH/c1-16(2,10-12-6-3-4-8-14(12)17)19-15(20)13-7-5-9-18-11-13;/h3-4,6,8,13,18H,5,7,9-11H2,1-2H3,(H,19,20);1H. The zero-order chi connectivity index (χ0) is 14.6. The Kier molecular flexibility index (Phi) is 6.98. The molecule has 118 valence electrons. The summed E-state index contributed by atoms with van der Waals surface area (Å²) in [6.45, 7) is 5.90. The summed E-state index contributed by atoms with van der Waals surface area (Å²) in [7, 11) is 0. The van der Waals surface area contributed by atoms with Crippen LogP contribution < -0.4 is 10.6 Å². The third kappa shape index (κ3) is 5.50. The lowest BCUT2D eigenvalue weighted by Crippen LogP contribution is -2.50. The molecule has 1 saturated heterocycles. The molecule has 1 aromatic rings. The van der Waals surface area contributed by atoms with Gasteiger partial charge in [0.25, 0.3) is 0 Å². The van der Waals surface area contributed by atoms with Crippen molar-refractivity contribution in [3.8, 4) is 0 Å². The summed E-state index contributed by atoms with van der Waals surface area (Å²) in [4.78, 5) is 12.3. The summed E-state index contributed by atoms with van der Waals surface area (Å²) in [5.74, 6) is 0.239. The normalized spacial score (nSPS) is 18.7. The van der Waals surface area contributed by atoms with Crippen molar-refractivity contribution in [1.29, 1.82) is 0 Å². The largest absolute Gasteiger partial charge is 0.351 e. The van der Waals surface area contributed by atoms with Crippen molar-refractivity contribution in [3.63, 3.8) is 0 Å². The van der Waals surface area contributed by atoms with Gasteiger partial charge in [-0.3, -0.25) is 4.79 Å². The molecule has 1 heterocycles. The smallest absolute Gasteiger partial charge is 0.224 e. The second-order valence-electron chi connectivity index (χ2n) is 6.18. The third-order valence-corrected chi connectivity index (χ3v) is 4.09. The van der Waals surface area contributed by atoms with Crippen LogP contribution in [0.25, 0.3) is 0 Å². The van der Waals surface area contributed by atoms with Crippen molar-refractivity contribution in [2.45, 2.75) is 38.6 Å². The Balaban J connectivity index is 0.00000220. The summed E-state index contributed by atoms with van der Waals surface area (Å²) in [6.07, 6.45) is 2.78. The molecule has 21 heavy (non-hydrogen) atoms. The number of carbonyl (C=O) groups excluding carboxylic acids is 1. The first-order valence-electron chi connectivity index (χ1n) is 7.24. The second kappa shape index (κ2) is 8.02. The Morgan fingerprint density at radius 2 is 2.14 bits per heavy atom. The zero-order valence-corrected chi connectivity index (χ0v) is 14.2. The van der Waals surface area contributed by atoms with E-state index in [1.807, 2.05) is 38.1 Å². The van der Waals surface area contributed by atoms with Gasteiger partial charge in [0.15, 0.2) is 0 Å². The summed E-state index contributed by atoms with van der Waals surface area (Å²) in [6, 6.07) is 7.80. The van der Waals surface area contributed by atoms with Crippen LogP contribution >= 0.6 is 24.0 Å². The quantitative estimate of drug-likeness (QED) is 0.890. The Hall–Kier alpha value is -0.770. The first-order valence-corrected chi connectivity index (χ1v) is 7.62. The number of hydrogen-bond donors (Lipinski definition) is 2. The number of amides is 1. The number of halogens is 2. The highest BCUT2D eigenvalue weighted by atomic mass is 35.5. The van der Waals surface area contributed by atoms with Crippen molar-refractivity contribution < 1.29 is 4.79 Å². The van der Waals surface area contributed by atoms with Gasteiger partial charge in [-0.25, -0.2) is 0 Å². The Labute approximate surface area is 138 Å². The number of hydrogen-bond acceptors (Lipinski definition) is 2. The molecule has 0 radical (unpaired) electrons. The number of benzene rings is 1. The lowest BCUT2D eigenvalue weighted by Gasteiger charge is -2.30. The van der Waals surface area contributed by atoms with Crippen LogP contribution in [-0.4, -0.2) is 24.5 Å². The first-order chi connectivity index (χ1) is 9.48. The van der Waals surface area contributed by atoms with Gasteiger partial charge in [0.2, 0.25) is 5.91 Å². The first kappa shape index (κ1) is 18.3. The molecule has 5 heteroatoms. The van der Waals surface area contributed by atoms with E-state index in [0.29, 0.717) is 0 Å². The minimum Gasteiger partial charge on any atom is -0.351 e. The van der Waals surface area contributed by atoms with Crippen molar-refractivity contribution in [2.75, 3.05) is 13.1 Å². The number of nitrogens with one attached hydrogen (secondary N) is 2. The summed E-state index contributed by atoms with van der Waals surface area (Å²) >= 11 is 6.19. The van der Waals surface area contributed by atoms with E-state index >= 15 is 0 Å². The van der Waals surface area contributed by atoms with Gasteiger partial charge < -0.3 is 10.6 Å². The van der Waals surface area contributed by atoms with Gasteiger partial charge in [0.05, 0.1) is 5.92 Å². The Morgan fingerprint density at radius 3 is 2.76 bits per heavy atom. The van der Waals surface area contributed by atoms with Crippen LogP contribution in [0.1, 0.15) is 32.3 Å². The van der Waals surface area contributed by atoms with Crippen LogP contribution in [-0.2, 0) is 11.2 Å². The van der Waals surface area contributed by atoms with Crippen LogP contribution in [0.5, 0.6) is 0 Å². The van der Waals surface area contributed by atoms with Gasteiger partial charge in [-0.05, 0) is 51.3 Å². The van der Waals surface area contributed by atoms with Crippen molar-refractivity contribution >= 4 is 29.9 Å². The van der Waals surface area contributed by atoms with E-state index in [1.165, 1.54) is 0 Å². The predicted octanol–water partition coefficient (Wildman–Crippen LogP) is 3.20. The molecule has 1 atom stereocenters. The zero-order valence-electron chi connectivity index (χ0n) is 12.6. The lowest BCUT2D eigenvalue weighted by molar-refractivity contribution is -0.127. The molecule has 1 unspecified atom stereocenters. The summed E-state index contributed by atoms with van der Waals surface area (Å²) in [5.41, 5.74) is 0.778. The minimum atomic E-state index is -0.292. The van der Waals surface area contributed by atoms with E-state index in [9.17, 15) is 4.79 Å². The number of piperidine rings is 1. The van der Waals surface area contributed by atoms with E-state index in [1.54, 1.807) is 0 Å². The Morgan fingerprint density at radius 1 is 1.43 bits per heavy atom. The molecule has 1 aliphatic heterocycles. The fraction of sp³-hybridized carbons (Fsp3) is 0.562. The van der Waals surface area contributed by atoms with Crippen LogP contribution in [0.3, 0.4) is 0 Å². The SMILES string of the molecule is CC(C)(Cc1ccccc1Cl)NC(=O)C1CCCNC1.Cl. The maximum absolute atomic E-state index is 12.3. The molecule has 1 fully saturated rings. The molecular formula is C16H24Cl2N2O. The van der Waals surface area contributed by atoms with Crippen LogP contribution in [0.2, 0.25) is 5.02 Å². The Bertz CT molecular complexity index is 471. The highest BCUT2D eigenvalue weighted by Crippen LogP contribution is 2.21. The number of rotatable bonds is 4. The van der Waals surface area contributed by atoms with Gasteiger partial charge in [0.1, 0.15) is 0 Å². The average Bonchev–Trinajstić information content (AvgIpc) is 2.41. The molecule has 2 N–H and O–H groups in total. The van der Waals surface area contributed by atoms with E-state index in [4.69, 9.17) is 11.6 Å². The molecule has 3 nitrogen and oxygen atoms in total. The molecule has 0 aromatic heterocycles. The number of carbonyl (C=O) groups is 1. The van der Waals surface area contributed by atoms with Crippen molar-refractivity contribution in [3.05, 3.63) is 34.9 Å². The topological polar surface area (TPSA) is 41.1 Å². The van der Waals surface area contributed by atoms with Crippen LogP contribution in [0, 0.1) is 5.92 Å². The molecule has 1 aromatic carbocycles. The fourth-order valence-corrected chi connectivity index (χ4v) is 2.88. The highest BCUT2D eigenvalue weighted by molar-refractivity contribution is 6.31. The van der Waals surface area contributed by atoms with E-state index in [-0.39, 0.29) is 29.8 Å². The van der Waals surface area contributed by atoms with Gasteiger partial charge >= 0.3 is 0 Å². The molecule has 1 amide bonds. The maximum atomic E-state index is 12.3. The molecule has 2 rings (SSSR count). The molecular weight excluding hydrogens is 307 g/mol. The van der Waals surface area contributed by atoms with Gasteiger partial charge in [-0.15, -0.1) is 12.4 Å². The molecule has 0 spiro atoms. The average molecular weight is 331 g/mol. The fourth-order valence-electron chi connectivity index (χ4n) is 2.67. The minimum absolute atomic E-state index is 0. The predicted molar refractivity (Wildman–Crippen MR) is 90.2 cm³/mol. The van der Waals surface area contributed by atoms with Gasteiger partial charge in [-0.2, -0.15) is 0 Å². The molecule has 0 bridgehead atoms. The van der Waals surface area contributed by atoms with Gasteiger partial charge in [0, 0.05) is 17.1 Å². The molecule has 1 aliphatic rings. The summed E-state index contributed by atoms with van der Waals surface area (Å²) < 4.78 is 0. The highest BCUT2D eigenvalue weighted by Gasteiger charge is 2.27. The monoisotopic (exact) mass is 330 g/mol. The molecule has 0 saturated carbocycles. The van der Waals surface area contributed by atoms with Crippen LogP contribution in [0.4, 0.5) is 0 Å². The van der Waals surface area contributed by atoms with Crippen molar-refractivity contribution in [1.82, 2.24) is 10.6 Å². The molecule has 0 aliphatic carbocycles. The second-order valence-corrected chi connectivity index (χ2v) is 6.59.